The van der Waals surface area contributed by atoms with Crippen LogP contribution in [0.2, 0.25) is 0 Å². The van der Waals surface area contributed by atoms with Gasteiger partial charge in [0.1, 0.15) is 11.9 Å². The minimum Gasteiger partial charge on any atom is -0.480 e. The van der Waals surface area contributed by atoms with Gasteiger partial charge in [0, 0.05) is 28.0 Å². The Morgan fingerprint density at radius 3 is 2.94 bits per heavy atom. The molecular formula is C11H10BrFN2O2. The number of aliphatic carboxylic acids is 1. The van der Waals surface area contributed by atoms with Crippen LogP contribution in [0.25, 0.3) is 10.9 Å². The van der Waals surface area contributed by atoms with Crippen LogP contribution < -0.4 is 5.73 Å². The molecule has 0 aliphatic rings. The number of hydrogen-bond donors (Lipinski definition) is 3. The molecule has 0 radical (unpaired) electrons. The van der Waals surface area contributed by atoms with Gasteiger partial charge in [-0.3, -0.25) is 4.79 Å². The molecule has 2 aromatic rings. The van der Waals surface area contributed by atoms with Crippen molar-refractivity contribution in [1.29, 1.82) is 0 Å². The molecule has 6 heteroatoms. The second-order valence-electron chi connectivity index (χ2n) is 3.77. The van der Waals surface area contributed by atoms with E-state index in [1.165, 1.54) is 12.1 Å². The van der Waals surface area contributed by atoms with E-state index in [2.05, 4.69) is 20.9 Å². The van der Waals surface area contributed by atoms with Crippen molar-refractivity contribution < 1.29 is 14.3 Å². The van der Waals surface area contributed by atoms with Gasteiger partial charge in [-0.15, -0.1) is 0 Å². The molecule has 0 amide bonds. The summed E-state index contributed by atoms with van der Waals surface area (Å²) in [6.45, 7) is 0. The Hall–Kier alpha value is -1.40. The number of carboxylic acid groups (broad SMARTS) is 1. The maximum absolute atomic E-state index is 13.1. The number of hydrogen-bond acceptors (Lipinski definition) is 2. The summed E-state index contributed by atoms with van der Waals surface area (Å²) in [5.41, 5.74) is 6.84. The van der Waals surface area contributed by atoms with E-state index in [-0.39, 0.29) is 12.2 Å². The zero-order valence-electron chi connectivity index (χ0n) is 8.71. The van der Waals surface area contributed by atoms with Gasteiger partial charge in [0.05, 0.1) is 0 Å². The summed E-state index contributed by atoms with van der Waals surface area (Å²) in [4.78, 5) is 13.6. The van der Waals surface area contributed by atoms with Crippen LogP contribution in [-0.4, -0.2) is 22.1 Å². The highest BCUT2D eigenvalue weighted by Crippen LogP contribution is 2.28. The van der Waals surface area contributed by atoms with E-state index in [0.717, 1.165) is 10.9 Å². The van der Waals surface area contributed by atoms with E-state index in [4.69, 9.17) is 10.8 Å². The summed E-state index contributed by atoms with van der Waals surface area (Å²) in [6, 6.07) is 1.73. The molecule has 1 heterocycles. The lowest BCUT2D eigenvalue weighted by atomic mass is 10.1. The van der Waals surface area contributed by atoms with E-state index in [9.17, 15) is 9.18 Å². The van der Waals surface area contributed by atoms with Crippen molar-refractivity contribution in [3.63, 3.8) is 0 Å². The number of nitrogens with two attached hydrogens (primary N) is 1. The van der Waals surface area contributed by atoms with Crippen LogP contribution in [0, 0.1) is 5.82 Å². The topological polar surface area (TPSA) is 79.1 Å². The number of aromatic nitrogens is 1. The summed E-state index contributed by atoms with van der Waals surface area (Å²) in [6.07, 6.45) is 1.84. The van der Waals surface area contributed by atoms with Crippen molar-refractivity contribution in [2.45, 2.75) is 12.5 Å². The molecular weight excluding hydrogens is 291 g/mol. The van der Waals surface area contributed by atoms with Crippen LogP contribution in [0.15, 0.2) is 22.8 Å². The molecule has 0 unspecified atom stereocenters. The Morgan fingerprint density at radius 2 is 2.29 bits per heavy atom. The number of nitrogens with one attached hydrogen (secondary N) is 1. The predicted octanol–water partition coefficient (Wildman–Crippen LogP) is 2.02. The van der Waals surface area contributed by atoms with Gasteiger partial charge >= 0.3 is 5.97 Å². The molecule has 4 N–H and O–H groups in total. The van der Waals surface area contributed by atoms with E-state index in [0.29, 0.717) is 9.99 Å². The number of carbonyl (C=O) groups is 1. The molecule has 0 spiro atoms. The first kappa shape index (κ1) is 12.1. The van der Waals surface area contributed by atoms with Gasteiger partial charge in [-0.25, -0.2) is 4.39 Å². The second-order valence-corrected chi connectivity index (χ2v) is 4.63. The Bertz CT molecular complexity index is 582. The van der Waals surface area contributed by atoms with E-state index >= 15 is 0 Å². The van der Waals surface area contributed by atoms with Gasteiger partial charge in [-0.05, 0) is 33.6 Å². The van der Waals surface area contributed by atoms with E-state index in [1.54, 1.807) is 6.20 Å². The molecule has 0 aliphatic heterocycles. The quantitative estimate of drug-likeness (QED) is 0.811. The number of fused-ring (bicyclic) bond motifs is 1. The van der Waals surface area contributed by atoms with Crippen molar-refractivity contribution in [1.82, 2.24) is 4.98 Å². The SMILES string of the molecule is N[C@@H](Cc1c[nH]c2cc(F)cc(Br)c12)C(=O)O. The standard InChI is InChI=1S/C11H10BrFN2O2/c12-7-2-6(13)3-9-10(7)5(4-15-9)1-8(14)11(16)17/h2-4,8,15H,1,14H2,(H,16,17)/t8-/m0/s1. The minimum absolute atomic E-state index is 0.194. The molecule has 0 aliphatic carbocycles. The fourth-order valence-corrected chi connectivity index (χ4v) is 2.42. The monoisotopic (exact) mass is 300 g/mol. The highest BCUT2D eigenvalue weighted by Gasteiger charge is 2.16. The molecule has 90 valence electrons. The van der Waals surface area contributed by atoms with Crippen molar-refractivity contribution in [3.05, 3.63) is 34.2 Å². The maximum Gasteiger partial charge on any atom is 0.320 e. The average Bonchev–Trinajstić information content (AvgIpc) is 2.60. The van der Waals surface area contributed by atoms with Crippen LogP contribution in [0.5, 0.6) is 0 Å². The summed E-state index contributed by atoms with van der Waals surface area (Å²) >= 11 is 3.26. The summed E-state index contributed by atoms with van der Waals surface area (Å²) in [5, 5.41) is 9.53. The van der Waals surface area contributed by atoms with Gasteiger partial charge < -0.3 is 15.8 Å². The largest absolute Gasteiger partial charge is 0.480 e. The maximum atomic E-state index is 13.1. The van der Waals surface area contributed by atoms with Gasteiger partial charge in [0.25, 0.3) is 0 Å². The molecule has 2 rings (SSSR count). The van der Waals surface area contributed by atoms with Crippen molar-refractivity contribution >= 4 is 32.8 Å². The first-order valence-electron chi connectivity index (χ1n) is 4.92. The third-order valence-electron chi connectivity index (χ3n) is 2.54. The summed E-state index contributed by atoms with van der Waals surface area (Å²) < 4.78 is 13.7. The molecule has 17 heavy (non-hydrogen) atoms. The number of halogens is 2. The fourth-order valence-electron chi connectivity index (χ4n) is 1.74. The van der Waals surface area contributed by atoms with Crippen molar-refractivity contribution in [2.75, 3.05) is 0 Å². The van der Waals surface area contributed by atoms with Crippen LogP contribution >= 0.6 is 15.9 Å². The Balaban J connectivity index is 2.46. The molecule has 0 fully saturated rings. The number of aromatic amines is 1. The van der Waals surface area contributed by atoms with E-state index < -0.39 is 12.0 Å². The Labute approximate surface area is 105 Å². The van der Waals surface area contributed by atoms with Crippen LogP contribution in [0.3, 0.4) is 0 Å². The zero-order valence-corrected chi connectivity index (χ0v) is 10.3. The number of H-pyrrole nitrogens is 1. The normalized spacial score (nSPS) is 12.9. The number of carboxylic acids is 1. The van der Waals surface area contributed by atoms with Gasteiger partial charge in [0.15, 0.2) is 0 Å². The fraction of sp³-hybridized carbons (Fsp3) is 0.182. The van der Waals surface area contributed by atoms with Crippen molar-refractivity contribution in [2.24, 2.45) is 5.73 Å². The molecule has 0 saturated heterocycles. The third-order valence-corrected chi connectivity index (χ3v) is 3.16. The number of benzene rings is 1. The first-order valence-corrected chi connectivity index (χ1v) is 5.71. The smallest absolute Gasteiger partial charge is 0.320 e. The Kier molecular flexibility index (Phi) is 3.17. The highest BCUT2D eigenvalue weighted by molar-refractivity contribution is 9.10. The third kappa shape index (κ3) is 2.32. The molecule has 4 nitrogen and oxygen atoms in total. The van der Waals surface area contributed by atoms with Crippen LogP contribution in [-0.2, 0) is 11.2 Å². The lowest BCUT2D eigenvalue weighted by Crippen LogP contribution is -2.32. The van der Waals surface area contributed by atoms with Gasteiger partial charge in [0.2, 0.25) is 0 Å². The van der Waals surface area contributed by atoms with Crippen LogP contribution in [0.1, 0.15) is 5.56 Å². The molecule has 1 aromatic carbocycles. The van der Waals surface area contributed by atoms with E-state index in [1.807, 2.05) is 0 Å². The number of rotatable bonds is 3. The average molecular weight is 301 g/mol. The summed E-state index contributed by atoms with van der Waals surface area (Å²) in [5.74, 6) is -1.42. The second kappa shape index (κ2) is 4.46. The predicted molar refractivity (Wildman–Crippen MR) is 65.3 cm³/mol. The van der Waals surface area contributed by atoms with Gasteiger partial charge in [-0.2, -0.15) is 0 Å². The summed E-state index contributed by atoms with van der Waals surface area (Å²) in [7, 11) is 0. The first-order chi connectivity index (χ1) is 7.99. The van der Waals surface area contributed by atoms with Crippen molar-refractivity contribution in [3.8, 4) is 0 Å². The highest BCUT2D eigenvalue weighted by atomic mass is 79.9. The molecule has 0 bridgehead atoms. The zero-order chi connectivity index (χ0) is 12.6. The van der Waals surface area contributed by atoms with Gasteiger partial charge in [-0.1, -0.05) is 0 Å². The molecule has 1 atom stereocenters. The lowest BCUT2D eigenvalue weighted by Gasteiger charge is -2.05. The van der Waals surface area contributed by atoms with Crippen LogP contribution in [0.4, 0.5) is 4.39 Å². The molecule has 0 saturated carbocycles. The molecule has 1 aromatic heterocycles. The minimum atomic E-state index is -1.06. The lowest BCUT2D eigenvalue weighted by molar-refractivity contribution is -0.138. The Morgan fingerprint density at radius 1 is 1.59 bits per heavy atom.